The van der Waals surface area contributed by atoms with Crippen LogP contribution in [0.3, 0.4) is 0 Å². The van der Waals surface area contributed by atoms with E-state index in [4.69, 9.17) is 4.42 Å². The summed E-state index contributed by atoms with van der Waals surface area (Å²) in [5.74, 6) is -0.677. The zero-order chi connectivity index (χ0) is 20.4. The third-order valence-electron chi connectivity index (χ3n) is 5.48. The molecule has 1 atom stereocenters. The van der Waals surface area contributed by atoms with Gasteiger partial charge in [0.15, 0.2) is 5.58 Å². The van der Waals surface area contributed by atoms with E-state index < -0.39 is 28.2 Å². The Morgan fingerprint density at radius 1 is 1.14 bits per heavy atom. The summed E-state index contributed by atoms with van der Waals surface area (Å²) < 4.78 is 44.5. The van der Waals surface area contributed by atoms with Gasteiger partial charge in [0.1, 0.15) is 11.6 Å². The fourth-order valence-electron chi connectivity index (χ4n) is 3.81. The molecule has 0 amide bonds. The number of hydrogen-bond donors (Lipinski definition) is 1. The van der Waals surface area contributed by atoms with Crippen molar-refractivity contribution in [3.63, 3.8) is 0 Å². The maximum Gasteiger partial charge on any atom is 0.417 e. The second-order valence-corrected chi connectivity index (χ2v) is 9.02. The Bertz CT molecular complexity index is 1090. The van der Waals surface area contributed by atoms with Gasteiger partial charge in [-0.2, -0.15) is 0 Å². The molecule has 29 heavy (non-hydrogen) atoms. The zero-order valence-corrected chi connectivity index (χ0v) is 16.6. The van der Waals surface area contributed by atoms with Gasteiger partial charge in [0.25, 0.3) is 0 Å². The lowest BCUT2D eigenvalue weighted by Gasteiger charge is -2.32. The quantitative estimate of drug-likeness (QED) is 0.663. The molecular formula is C21H22F2N2O3S. The lowest BCUT2D eigenvalue weighted by Crippen LogP contribution is -2.36. The Labute approximate surface area is 169 Å². The summed E-state index contributed by atoms with van der Waals surface area (Å²) in [7, 11) is -1.18. The Balaban J connectivity index is 1.27. The number of aromatic amines is 1. The average Bonchev–Trinajstić information content (AvgIpc) is 3.08. The van der Waals surface area contributed by atoms with Crippen molar-refractivity contribution in [3.8, 4) is 0 Å². The lowest BCUT2D eigenvalue weighted by atomic mass is 9.90. The molecule has 4 rings (SSSR count). The fraction of sp³-hybridized carbons (Fsp3) is 0.381. The first kappa shape index (κ1) is 20.0. The van der Waals surface area contributed by atoms with E-state index >= 15 is 0 Å². The maximum absolute atomic E-state index is 13.8. The minimum absolute atomic E-state index is 0.371. The van der Waals surface area contributed by atoms with Gasteiger partial charge in [-0.15, -0.1) is 0 Å². The first-order chi connectivity index (χ1) is 14.0. The molecule has 154 valence electrons. The smallest absolute Gasteiger partial charge is 0.408 e. The highest BCUT2D eigenvalue weighted by Crippen LogP contribution is 2.23. The summed E-state index contributed by atoms with van der Waals surface area (Å²) in [4.78, 5) is 16.7. The number of hydrogen-bond acceptors (Lipinski definition) is 4. The molecule has 5 nitrogen and oxygen atoms in total. The minimum atomic E-state index is -1.18. The normalized spacial score (nSPS) is 17.0. The summed E-state index contributed by atoms with van der Waals surface area (Å²) in [5, 5.41) is 0. The summed E-state index contributed by atoms with van der Waals surface area (Å²) in [6.45, 7) is 2.45. The largest absolute Gasteiger partial charge is 0.417 e. The number of aromatic nitrogens is 1. The van der Waals surface area contributed by atoms with E-state index in [0.717, 1.165) is 32.0 Å². The van der Waals surface area contributed by atoms with Gasteiger partial charge in [-0.05, 0) is 68.1 Å². The molecule has 2 aromatic carbocycles. The van der Waals surface area contributed by atoms with Crippen LogP contribution in [0.1, 0.15) is 18.4 Å². The number of fused-ring (bicyclic) bond motifs is 1. The Hall–Kier alpha value is -2.32. The van der Waals surface area contributed by atoms with Crippen molar-refractivity contribution in [1.29, 1.82) is 0 Å². The molecule has 0 saturated carbocycles. The number of likely N-dealkylation sites (tertiary alicyclic amines) is 1. The minimum Gasteiger partial charge on any atom is -0.408 e. The van der Waals surface area contributed by atoms with E-state index in [-0.39, 0.29) is 0 Å². The van der Waals surface area contributed by atoms with Crippen LogP contribution in [-0.2, 0) is 17.2 Å². The number of halogens is 2. The van der Waals surface area contributed by atoms with Crippen molar-refractivity contribution in [1.82, 2.24) is 9.88 Å². The molecule has 0 radical (unpaired) electrons. The molecule has 1 N–H and O–H groups in total. The third-order valence-corrected chi connectivity index (χ3v) is 6.81. The first-order valence-electron chi connectivity index (χ1n) is 9.65. The van der Waals surface area contributed by atoms with E-state index in [2.05, 4.69) is 9.88 Å². The molecule has 1 saturated heterocycles. The Morgan fingerprint density at radius 2 is 1.93 bits per heavy atom. The standard InChI is InChI=1S/C21H22F2N2O3S/c22-16-2-1-15(18(23)12-16)11-14-5-7-25(8-6-14)9-10-29(27)17-3-4-19-20(13-17)28-21(26)24-19/h1-4,12-14H,5-11H2,(H,24,26). The summed E-state index contributed by atoms with van der Waals surface area (Å²) in [6.07, 6.45) is 2.49. The molecule has 3 aromatic rings. The highest BCUT2D eigenvalue weighted by molar-refractivity contribution is 7.85. The molecule has 1 fully saturated rings. The highest BCUT2D eigenvalue weighted by Gasteiger charge is 2.21. The maximum atomic E-state index is 13.8. The lowest BCUT2D eigenvalue weighted by molar-refractivity contribution is 0.192. The van der Waals surface area contributed by atoms with Crippen LogP contribution in [0.2, 0.25) is 0 Å². The van der Waals surface area contributed by atoms with Crippen LogP contribution < -0.4 is 5.76 Å². The van der Waals surface area contributed by atoms with Gasteiger partial charge >= 0.3 is 5.76 Å². The monoisotopic (exact) mass is 420 g/mol. The van der Waals surface area contributed by atoms with Gasteiger partial charge < -0.3 is 9.32 Å². The van der Waals surface area contributed by atoms with Gasteiger partial charge in [-0.3, -0.25) is 9.19 Å². The van der Waals surface area contributed by atoms with Crippen molar-refractivity contribution in [3.05, 3.63) is 64.1 Å². The van der Waals surface area contributed by atoms with Crippen molar-refractivity contribution in [2.45, 2.75) is 24.2 Å². The van der Waals surface area contributed by atoms with Gasteiger partial charge in [0, 0.05) is 23.3 Å². The number of benzene rings is 2. The van der Waals surface area contributed by atoms with Crippen LogP contribution >= 0.6 is 0 Å². The number of nitrogens with one attached hydrogen (secondary N) is 1. The van der Waals surface area contributed by atoms with Gasteiger partial charge in [-0.1, -0.05) is 6.07 Å². The first-order valence-corrected chi connectivity index (χ1v) is 11.0. The molecule has 2 heterocycles. The van der Waals surface area contributed by atoms with E-state index in [1.165, 1.54) is 12.1 Å². The van der Waals surface area contributed by atoms with E-state index in [9.17, 15) is 17.8 Å². The van der Waals surface area contributed by atoms with Gasteiger partial charge in [0.2, 0.25) is 0 Å². The SMILES string of the molecule is O=c1[nH]c2ccc(S(=O)CCN3CCC(Cc4ccc(F)cc4F)CC3)cc2o1. The van der Waals surface area contributed by atoms with E-state index in [0.29, 0.717) is 46.2 Å². The Kier molecular flexibility index (Phi) is 5.91. The molecule has 8 heteroatoms. The van der Waals surface area contributed by atoms with Gasteiger partial charge in [-0.25, -0.2) is 13.6 Å². The van der Waals surface area contributed by atoms with Crippen LogP contribution in [0.4, 0.5) is 8.78 Å². The predicted molar refractivity (Wildman–Crippen MR) is 107 cm³/mol. The molecule has 0 aliphatic carbocycles. The Morgan fingerprint density at radius 3 is 2.69 bits per heavy atom. The van der Waals surface area contributed by atoms with Crippen molar-refractivity contribution in [2.75, 3.05) is 25.4 Å². The topological polar surface area (TPSA) is 66.3 Å². The highest BCUT2D eigenvalue weighted by atomic mass is 32.2. The second-order valence-electron chi connectivity index (χ2n) is 7.45. The zero-order valence-electron chi connectivity index (χ0n) is 15.8. The van der Waals surface area contributed by atoms with E-state index in [1.807, 2.05) is 0 Å². The number of oxazole rings is 1. The second kappa shape index (κ2) is 8.59. The number of nitrogens with zero attached hydrogens (tertiary/aromatic N) is 1. The molecule has 1 aromatic heterocycles. The molecule has 0 spiro atoms. The average molecular weight is 420 g/mol. The molecule has 1 unspecified atom stereocenters. The van der Waals surface area contributed by atoms with Crippen LogP contribution in [0.25, 0.3) is 11.1 Å². The molecular weight excluding hydrogens is 398 g/mol. The van der Waals surface area contributed by atoms with Crippen molar-refractivity contribution < 1.29 is 17.4 Å². The summed E-state index contributed by atoms with van der Waals surface area (Å²) >= 11 is 0. The van der Waals surface area contributed by atoms with Crippen molar-refractivity contribution >= 4 is 21.9 Å². The van der Waals surface area contributed by atoms with Gasteiger partial charge in [0.05, 0.1) is 16.3 Å². The summed E-state index contributed by atoms with van der Waals surface area (Å²) in [6, 6.07) is 8.87. The van der Waals surface area contributed by atoms with E-state index in [1.54, 1.807) is 18.2 Å². The molecule has 0 bridgehead atoms. The predicted octanol–water partition coefficient (Wildman–Crippen LogP) is 3.46. The number of rotatable bonds is 6. The van der Waals surface area contributed by atoms with Crippen LogP contribution in [-0.4, -0.2) is 39.5 Å². The van der Waals surface area contributed by atoms with Crippen LogP contribution in [0, 0.1) is 17.6 Å². The van der Waals surface area contributed by atoms with Crippen LogP contribution in [0.15, 0.2) is 50.5 Å². The fourth-order valence-corrected chi connectivity index (χ4v) is 4.93. The molecule has 1 aliphatic heterocycles. The number of H-pyrrole nitrogens is 1. The third kappa shape index (κ3) is 4.82. The van der Waals surface area contributed by atoms with Crippen molar-refractivity contribution in [2.24, 2.45) is 5.92 Å². The molecule has 1 aliphatic rings. The van der Waals surface area contributed by atoms with Crippen LogP contribution in [0.5, 0.6) is 0 Å². The number of piperidine rings is 1. The summed E-state index contributed by atoms with van der Waals surface area (Å²) in [5.41, 5.74) is 1.57.